The van der Waals surface area contributed by atoms with E-state index in [0.29, 0.717) is 30.2 Å². The smallest absolute Gasteiger partial charge is 0.287 e. The second-order valence-corrected chi connectivity index (χ2v) is 7.64. The van der Waals surface area contributed by atoms with Crippen LogP contribution in [0.5, 0.6) is 0 Å². The normalized spacial score (nSPS) is 11.5. The molecule has 0 bridgehead atoms. The van der Waals surface area contributed by atoms with Gasteiger partial charge in [-0.15, -0.1) is 5.10 Å². The quantitative estimate of drug-likeness (QED) is 0.363. The van der Waals surface area contributed by atoms with Crippen LogP contribution < -0.4 is 0 Å². The average Bonchev–Trinajstić information content (AvgIpc) is 3.27. The summed E-state index contributed by atoms with van der Waals surface area (Å²) in [6.07, 6.45) is -4.44. The lowest BCUT2D eigenvalue weighted by molar-refractivity contribution is -0.137. The predicted octanol–water partition coefficient (Wildman–Crippen LogP) is 4.89. The molecule has 0 spiro atoms. The maximum absolute atomic E-state index is 13.7. The van der Waals surface area contributed by atoms with Crippen LogP contribution >= 0.6 is 0 Å². The number of nitriles is 1. The monoisotopic (exact) mass is 466 g/mol. The van der Waals surface area contributed by atoms with Crippen molar-refractivity contribution in [2.24, 2.45) is 0 Å². The molecule has 0 aliphatic heterocycles. The molecule has 4 rings (SSSR count). The summed E-state index contributed by atoms with van der Waals surface area (Å²) in [5.74, 6) is 0.0511. The van der Waals surface area contributed by atoms with Crippen LogP contribution in [0.25, 0.3) is 5.69 Å². The minimum absolute atomic E-state index is 0.241. The van der Waals surface area contributed by atoms with Crippen molar-refractivity contribution in [3.63, 3.8) is 0 Å². The first kappa shape index (κ1) is 23.1. The van der Waals surface area contributed by atoms with Crippen molar-refractivity contribution in [3.05, 3.63) is 107 Å². The van der Waals surface area contributed by atoms with E-state index in [2.05, 4.69) is 21.6 Å². The van der Waals surface area contributed by atoms with Crippen LogP contribution in [0, 0.1) is 17.1 Å². The second-order valence-electron chi connectivity index (χ2n) is 7.64. The number of hydrogen-bond donors (Lipinski definition) is 0. The first-order valence-electron chi connectivity index (χ1n) is 10.2. The highest BCUT2D eigenvalue weighted by molar-refractivity contribution is 5.35. The molecular weight excluding hydrogens is 448 g/mol. The van der Waals surface area contributed by atoms with Gasteiger partial charge in [0.05, 0.1) is 29.4 Å². The largest absolute Gasteiger partial charge is 0.416 e. The Morgan fingerprint density at radius 2 is 1.59 bits per heavy atom. The SMILES string of the molecule is N#Cc1ccc(CN(Cc2cccc(F)c2)Cc2nnnn2-c2ccc(C(F)(F)F)cc2)cc1. The van der Waals surface area contributed by atoms with Crippen LogP contribution in [0.15, 0.2) is 72.8 Å². The molecule has 172 valence electrons. The van der Waals surface area contributed by atoms with E-state index in [-0.39, 0.29) is 12.4 Å². The topological polar surface area (TPSA) is 70.6 Å². The zero-order valence-corrected chi connectivity index (χ0v) is 17.7. The van der Waals surface area contributed by atoms with E-state index in [0.717, 1.165) is 23.3 Å². The lowest BCUT2D eigenvalue weighted by Crippen LogP contribution is -2.24. The molecule has 6 nitrogen and oxygen atoms in total. The fourth-order valence-corrected chi connectivity index (χ4v) is 3.50. The Kier molecular flexibility index (Phi) is 6.65. The number of alkyl halides is 3. The lowest BCUT2D eigenvalue weighted by atomic mass is 10.1. The van der Waals surface area contributed by atoms with Crippen molar-refractivity contribution in [1.29, 1.82) is 5.26 Å². The molecule has 0 fully saturated rings. The summed E-state index contributed by atoms with van der Waals surface area (Å²) in [4.78, 5) is 1.97. The van der Waals surface area contributed by atoms with Crippen LogP contribution in [-0.2, 0) is 25.8 Å². The van der Waals surface area contributed by atoms with Gasteiger partial charge in [-0.05, 0) is 70.1 Å². The first-order chi connectivity index (χ1) is 16.3. The summed E-state index contributed by atoms with van der Waals surface area (Å²) < 4.78 is 53.8. The molecule has 4 aromatic rings. The van der Waals surface area contributed by atoms with E-state index in [1.165, 1.54) is 28.9 Å². The average molecular weight is 466 g/mol. The van der Waals surface area contributed by atoms with Crippen molar-refractivity contribution in [2.45, 2.75) is 25.8 Å². The van der Waals surface area contributed by atoms with Gasteiger partial charge < -0.3 is 0 Å². The van der Waals surface area contributed by atoms with Crippen LogP contribution in [0.1, 0.15) is 28.1 Å². The van der Waals surface area contributed by atoms with E-state index in [1.54, 1.807) is 24.3 Å². The van der Waals surface area contributed by atoms with E-state index >= 15 is 0 Å². The van der Waals surface area contributed by atoms with Crippen molar-refractivity contribution >= 4 is 0 Å². The summed E-state index contributed by atoms with van der Waals surface area (Å²) in [6.45, 7) is 1.06. The van der Waals surface area contributed by atoms with Gasteiger partial charge >= 0.3 is 6.18 Å². The third-order valence-electron chi connectivity index (χ3n) is 5.12. The van der Waals surface area contributed by atoms with Crippen LogP contribution in [-0.4, -0.2) is 25.1 Å². The molecule has 10 heteroatoms. The molecule has 0 aliphatic carbocycles. The zero-order valence-electron chi connectivity index (χ0n) is 17.7. The molecule has 0 radical (unpaired) electrons. The van der Waals surface area contributed by atoms with Gasteiger partial charge in [0.1, 0.15) is 5.82 Å². The van der Waals surface area contributed by atoms with Crippen molar-refractivity contribution in [2.75, 3.05) is 0 Å². The number of nitrogens with zero attached hydrogens (tertiary/aromatic N) is 6. The van der Waals surface area contributed by atoms with Crippen LogP contribution in [0.2, 0.25) is 0 Å². The maximum Gasteiger partial charge on any atom is 0.416 e. The number of rotatable bonds is 7. The Hall–Kier alpha value is -4.10. The minimum atomic E-state index is -4.44. The van der Waals surface area contributed by atoms with Crippen molar-refractivity contribution in [1.82, 2.24) is 25.1 Å². The number of benzene rings is 3. The number of halogens is 4. The summed E-state index contributed by atoms with van der Waals surface area (Å²) in [6, 6.07) is 19.9. The van der Waals surface area contributed by atoms with Gasteiger partial charge in [-0.3, -0.25) is 4.90 Å². The van der Waals surface area contributed by atoms with E-state index in [9.17, 15) is 17.6 Å². The molecule has 0 saturated heterocycles. The summed E-state index contributed by atoms with van der Waals surface area (Å²) in [7, 11) is 0. The van der Waals surface area contributed by atoms with Gasteiger partial charge in [-0.2, -0.15) is 23.1 Å². The summed E-state index contributed by atoms with van der Waals surface area (Å²) >= 11 is 0. The Morgan fingerprint density at radius 3 is 2.24 bits per heavy atom. The highest BCUT2D eigenvalue weighted by Crippen LogP contribution is 2.29. The molecule has 0 aliphatic rings. The third kappa shape index (κ3) is 5.63. The fraction of sp³-hybridized carbons (Fsp3) is 0.167. The minimum Gasteiger partial charge on any atom is -0.287 e. The maximum atomic E-state index is 13.7. The molecule has 0 N–H and O–H groups in total. The highest BCUT2D eigenvalue weighted by atomic mass is 19.4. The molecule has 34 heavy (non-hydrogen) atoms. The van der Waals surface area contributed by atoms with Gasteiger partial charge in [-0.25, -0.2) is 4.39 Å². The molecule has 1 aromatic heterocycles. The van der Waals surface area contributed by atoms with Gasteiger partial charge in [0.15, 0.2) is 5.82 Å². The van der Waals surface area contributed by atoms with Crippen LogP contribution in [0.4, 0.5) is 17.6 Å². The standard InChI is InChI=1S/C24H18F4N6/c25-21-3-1-2-19(12-21)15-33(14-18-6-4-17(13-29)5-7-18)16-23-30-31-32-34(23)22-10-8-20(9-11-22)24(26,27)28/h1-12H,14-16H2. The Balaban J connectivity index is 1.60. The third-order valence-corrected chi connectivity index (χ3v) is 5.12. The van der Waals surface area contributed by atoms with E-state index in [1.807, 2.05) is 17.0 Å². The summed E-state index contributed by atoms with van der Waals surface area (Å²) in [5, 5.41) is 20.7. The molecule has 0 saturated carbocycles. The molecular formula is C24H18F4N6. The molecule has 0 atom stereocenters. The van der Waals surface area contributed by atoms with Gasteiger partial charge in [-0.1, -0.05) is 24.3 Å². The molecule has 0 amide bonds. The van der Waals surface area contributed by atoms with Crippen LogP contribution in [0.3, 0.4) is 0 Å². The number of tetrazole rings is 1. The molecule has 3 aromatic carbocycles. The predicted molar refractivity (Wildman–Crippen MR) is 115 cm³/mol. The lowest BCUT2D eigenvalue weighted by Gasteiger charge is -2.22. The molecule has 0 unspecified atom stereocenters. The first-order valence-corrected chi connectivity index (χ1v) is 10.2. The Morgan fingerprint density at radius 1 is 0.882 bits per heavy atom. The number of hydrogen-bond acceptors (Lipinski definition) is 5. The Labute approximate surface area is 192 Å². The zero-order chi connectivity index (χ0) is 24.1. The van der Waals surface area contributed by atoms with E-state index in [4.69, 9.17) is 5.26 Å². The fourth-order valence-electron chi connectivity index (χ4n) is 3.50. The summed E-state index contributed by atoms with van der Waals surface area (Å²) in [5.41, 5.74) is 1.81. The Bertz CT molecular complexity index is 1290. The molecule has 1 heterocycles. The highest BCUT2D eigenvalue weighted by Gasteiger charge is 2.30. The van der Waals surface area contributed by atoms with Gasteiger partial charge in [0.2, 0.25) is 0 Å². The van der Waals surface area contributed by atoms with Crippen molar-refractivity contribution < 1.29 is 17.6 Å². The second kappa shape index (κ2) is 9.80. The number of aromatic nitrogens is 4. The van der Waals surface area contributed by atoms with Crippen molar-refractivity contribution in [3.8, 4) is 11.8 Å². The van der Waals surface area contributed by atoms with Gasteiger partial charge in [0.25, 0.3) is 0 Å². The van der Waals surface area contributed by atoms with Gasteiger partial charge in [0, 0.05) is 13.1 Å². The van der Waals surface area contributed by atoms with E-state index < -0.39 is 11.7 Å².